The van der Waals surface area contributed by atoms with E-state index in [4.69, 9.17) is 0 Å². The largest absolute Gasteiger partial charge is 0.0961 e. The van der Waals surface area contributed by atoms with Crippen molar-refractivity contribution in [3.8, 4) is 0 Å². The van der Waals surface area contributed by atoms with E-state index >= 15 is 0 Å². The molecule has 0 aromatic heterocycles. The number of rotatable bonds is 3. The summed E-state index contributed by atoms with van der Waals surface area (Å²) in [6.07, 6.45) is 6.14. The van der Waals surface area contributed by atoms with Crippen LogP contribution in [-0.4, -0.2) is 0 Å². The lowest BCUT2D eigenvalue weighted by Crippen LogP contribution is -1.83. The highest BCUT2D eigenvalue weighted by atomic mass is 14.0. The molecular formula is C18H26. The maximum Gasteiger partial charge on any atom is -0.0219 e. The molecule has 0 bridgehead atoms. The Morgan fingerprint density at radius 2 is 1.61 bits per heavy atom. The molecule has 0 spiro atoms. The Hall–Kier alpha value is -1.56. The zero-order chi connectivity index (χ0) is 14.0. The fourth-order valence-electron chi connectivity index (χ4n) is 1.21. The molecule has 98 valence electrons. The lowest BCUT2D eigenvalue weighted by molar-refractivity contribution is 0.867. The van der Waals surface area contributed by atoms with Crippen LogP contribution in [0.25, 0.3) is 0 Å². The number of hydrogen-bond acceptors (Lipinski definition) is 0. The Bertz CT molecular complexity index is 391. The first-order valence-electron chi connectivity index (χ1n) is 6.48. The van der Waals surface area contributed by atoms with Crippen LogP contribution in [0.15, 0.2) is 66.3 Å². The second-order valence-corrected chi connectivity index (χ2v) is 4.78. The molecule has 0 nitrogen and oxygen atoms in total. The Labute approximate surface area is 113 Å². The molecule has 0 aliphatic heterocycles. The van der Waals surface area contributed by atoms with Crippen LogP contribution < -0.4 is 0 Å². The van der Waals surface area contributed by atoms with Crippen LogP contribution in [0.3, 0.4) is 0 Å². The van der Waals surface area contributed by atoms with Crippen LogP contribution in [0.1, 0.15) is 46.1 Å². The number of benzene rings is 1. The third-order valence-electron chi connectivity index (χ3n) is 2.55. The van der Waals surface area contributed by atoms with Crippen LogP contribution in [0.4, 0.5) is 0 Å². The molecule has 0 heterocycles. The van der Waals surface area contributed by atoms with Crippen molar-refractivity contribution >= 4 is 0 Å². The minimum absolute atomic E-state index is 0.659. The summed E-state index contributed by atoms with van der Waals surface area (Å²) in [6, 6.07) is 10.5. The molecule has 0 aliphatic rings. The zero-order valence-electron chi connectivity index (χ0n) is 12.4. The van der Waals surface area contributed by atoms with Gasteiger partial charge >= 0.3 is 0 Å². The highest BCUT2D eigenvalue weighted by molar-refractivity contribution is 5.22. The van der Waals surface area contributed by atoms with E-state index in [1.807, 2.05) is 26.0 Å². The van der Waals surface area contributed by atoms with Crippen LogP contribution in [0.2, 0.25) is 0 Å². The standard InChI is InChI=1S/C9H12.C9H14/c1-8(2)9-6-4-3-5-7-9;1-5-9(4)7-6-8(2)3/h3-8H,1-2H3;5-7H,2H2,1,3-4H3/b;7-6-,9-5-. The maximum absolute atomic E-state index is 3.75. The molecule has 0 N–H and O–H groups in total. The average Bonchev–Trinajstić information content (AvgIpc) is 2.37. The van der Waals surface area contributed by atoms with Gasteiger partial charge in [-0.05, 0) is 32.3 Å². The molecule has 0 atom stereocenters. The van der Waals surface area contributed by atoms with Crippen molar-refractivity contribution in [1.29, 1.82) is 0 Å². The summed E-state index contributed by atoms with van der Waals surface area (Å²) < 4.78 is 0. The van der Waals surface area contributed by atoms with Crippen molar-refractivity contribution in [2.75, 3.05) is 0 Å². The SMILES string of the molecule is C=C(C)/C=C\C(C)=C/C.CC(C)c1ccccc1. The van der Waals surface area contributed by atoms with E-state index in [2.05, 4.69) is 63.8 Å². The molecule has 1 aromatic rings. The van der Waals surface area contributed by atoms with Crippen LogP contribution in [-0.2, 0) is 0 Å². The molecule has 1 rings (SSSR count). The Morgan fingerprint density at radius 3 is 1.94 bits per heavy atom. The van der Waals surface area contributed by atoms with Gasteiger partial charge in [0.15, 0.2) is 0 Å². The highest BCUT2D eigenvalue weighted by Crippen LogP contribution is 2.11. The van der Waals surface area contributed by atoms with Gasteiger partial charge in [-0.25, -0.2) is 0 Å². The minimum atomic E-state index is 0.659. The fourth-order valence-corrected chi connectivity index (χ4v) is 1.21. The van der Waals surface area contributed by atoms with Crippen molar-refractivity contribution in [2.24, 2.45) is 0 Å². The fraction of sp³-hybridized carbons (Fsp3) is 0.333. The summed E-state index contributed by atoms with van der Waals surface area (Å²) in [4.78, 5) is 0. The summed E-state index contributed by atoms with van der Waals surface area (Å²) in [5.41, 5.74) is 3.78. The van der Waals surface area contributed by atoms with Gasteiger partial charge < -0.3 is 0 Å². The first-order chi connectivity index (χ1) is 8.47. The van der Waals surface area contributed by atoms with Crippen LogP contribution in [0, 0.1) is 0 Å². The Morgan fingerprint density at radius 1 is 1.06 bits per heavy atom. The molecule has 0 unspecified atom stereocenters. The summed E-state index contributed by atoms with van der Waals surface area (Å²) in [5, 5.41) is 0. The van der Waals surface area contributed by atoms with Crippen molar-refractivity contribution in [1.82, 2.24) is 0 Å². The number of hydrogen-bond donors (Lipinski definition) is 0. The molecule has 0 amide bonds. The summed E-state index contributed by atoms with van der Waals surface area (Å²) in [5.74, 6) is 0.659. The van der Waals surface area contributed by atoms with E-state index in [1.54, 1.807) is 0 Å². The molecule has 0 saturated carbocycles. The van der Waals surface area contributed by atoms with Gasteiger partial charge in [0.2, 0.25) is 0 Å². The minimum Gasteiger partial charge on any atom is -0.0961 e. The lowest BCUT2D eigenvalue weighted by atomic mass is 10.0. The quantitative estimate of drug-likeness (QED) is 0.579. The van der Waals surface area contributed by atoms with Gasteiger partial charge in [0.05, 0.1) is 0 Å². The van der Waals surface area contributed by atoms with Gasteiger partial charge in [0.1, 0.15) is 0 Å². The molecule has 18 heavy (non-hydrogen) atoms. The smallest absolute Gasteiger partial charge is 0.0219 e. The average molecular weight is 242 g/mol. The van der Waals surface area contributed by atoms with Gasteiger partial charge in [-0.1, -0.05) is 80.1 Å². The third kappa shape index (κ3) is 8.58. The van der Waals surface area contributed by atoms with E-state index in [1.165, 1.54) is 11.1 Å². The van der Waals surface area contributed by atoms with Gasteiger partial charge in [-0.2, -0.15) is 0 Å². The molecule has 0 fully saturated rings. The second-order valence-electron chi connectivity index (χ2n) is 4.78. The summed E-state index contributed by atoms with van der Waals surface area (Å²) >= 11 is 0. The molecule has 0 radical (unpaired) electrons. The normalized spacial score (nSPS) is 11.3. The topological polar surface area (TPSA) is 0 Å². The lowest BCUT2D eigenvalue weighted by Gasteiger charge is -2.01. The Balaban J connectivity index is 0.000000321. The summed E-state index contributed by atoms with van der Waals surface area (Å²) in [7, 11) is 0. The van der Waals surface area contributed by atoms with Gasteiger partial charge in [-0.15, -0.1) is 0 Å². The van der Waals surface area contributed by atoms with Crippen molar-refractivity contribution in [3.05, 3.63) is 71.8 Å². The molecule has 0 aliphatic carbocycles. The van der Waals surface area contributed by atoms with E-state index in [-0.39, 0.29) is 0 Å². The van der Waals surface area contributed by atoms with E-state index in [9.17, 15) is 0 Å². The van der Waals surface area contributed by atoms with E-state index < -0.39 is 0 Å². The zero-order valence-corrected chi connectivity index (χ0v) is 12.4. The first kappa shape index (κ1) is 16.4. The highest BCUT2D eigenvalue weighted by Gasteiger charge is 1.93. The molecule has 0 saturated heterocycles. The van der Waals surface area contributed by atoms with Gasteiger partial charge in [0.25, 0.3) is 0 Å². The first-order valence-corrected chi connectivity index (χ1v) is 6.48. The molecule has 1 aromatic carbocycles. The Kier molecular flexibility index (Phi) is 8.65. The van der Waals surface area contributed by atoms with Crippen LogP contribution >= 0.6 is 0 Å². The third-order valence-corrected chi connectivity index (χ3v) is 2.55. The van der Waals surface area contributed by atoms with E-state index in [0.29, 0.717) is 5.92 Å². The van der Waals surface area contributed by atoms with Crippen molar-refractivity contribution in [2.45, 2.75) is 40.5 Å². The predicted octanol–water partition coefficient (Wildman–Crippen LogP) is 5.89. The number of allylic oxidation sites excluding steroid dienone is 5. The maximum atomic E-state index is 3.75. The van der Waals surface area contributed by atoms with Crippen molar-refractivity contribution < 1.29 is 0 Å². The monoisotopic (exact) mass is 242 g/mol. The van der Waals surface area contributed by atoms with Crippen LogP contribution in [0.5, 0.6) is 0 Å². The van der Waals surface area contributed by atoms with Gasteiger partial charge in [0, 0.05) is 0 Å². The molecule has 0 heteroatoms. The van der Waals surface area contributed by atoms with E-state index in [0.717, 1.165) is 5.57 Å². The molecular weight excluding hydrogens is 216 g/mol. The van der Waals surface area contributed by atoms with Crippen molar-refractivity contribution in [3.63, 3.8) is 0 Å². The summed E-state index contributed by atoms with van der Waals surface area (Å²) in [6.45, 7) is 14.2. The predicted molar refractivity (Wildman–Crippen MR) is 83.9 cm³/mol. The second kappa shape index (κ2) is 9.47. The van der Waals surface area contributed by atoms with Gasteiger partial charge in [-0.3, -0.25) is 0 Å².